The molecular formula is C16H10Cl2FN3O3S. The molecule has 0 saturated heterocycles. The van der Waals surface area contributed by atoms with Crippen LogP contribution < -0.4 is 10.6 Å². The molecule has 1 amide bonds. The first-order valence-electron chi connectivity index (χ1n) is 6.95. The van der Waals surface area contributed by atoms with Gasteiger partial charge in [-0.3, -0.25) is 20.2 Å². The van der Waals surface area contributed by atoms with Crippen molar-refractivity contribution in [1.82, 2.24) is 5.32 Å². The summed E-state index contributed by atoms with van der Waals surface area (Å²) in [4.78, 5) is 21.9. The standard InChI is InChI=1S/C16H10Cl2FN3O3S/c17-10-3-1-9(12(18)7-10)2-6-15(23)21-16(26)20-14-8-11(22(24)25)4-5-13(14)19/h1-8H,(H2,20,21,23,26). The van der Waals surface area contributed by atoms with E-state index in [1.165, 1.54) is 18.2 Å². The molecule has 0 aliphatic rings. The summed E-state index contributed by atoms with van der Waals surface area (Å²) in [6, 6.07) is 7.68. The van der Waals surface area contributed by atoms with E-state index < -0.39 is 16.6 Å². The number of nitrogens with one attached hydrogen (secondary N) is 2. The van der Waals surface area contributed by atoms with E-state index >= 15 is 0 Å². The summed E-state index contributed by atoms with van der Waals surface area (Å²) in [6.07, 6.45) is 2.62. The number of rotatable bonds is 4. The number of nitrogens with zero attached hydrogens (tertiary/aromatic N) is 1. The zero-order valence-corrected chi connectivity index (χ0v) is 15.2. The second kappa shape index (κ2) is 8.70. The number of halogens is 3. The van der Waals surface area contributed by atoms with Gasteiger partial charge in [0.15, 0.2) is 5.11 Å². The van der Waals surface area contributed by atoms with E-state index in [0.717, 1.165) is 18.2 Å². The van der Waals surface area contributed by atoms with Gasteiger partial charge in [0.25, 0.3) is 5.69 Å². The van der Waals surface area contributed by atoms with Crippen molar-refractivity contribution in [3.05, 3.63) is 74.0 Å². The third kappa shape index (κ3) is 5.48. The normalized spacial score (nSPS) is 10.6. The van der Waals surface area contributed by atoms with Crippen LogP contribution in [0.25, 0.3) is 6.08 Å². The Labute approximate surface area is 162 Å². The molecule has 2 rings (SSSR count). The Morgan fingerprint density at radius 1 is 1.23 bits per heavy atom. The topological polar surface area (TPSA) is 84.3 Å². The Hall–Kier alpha value is -2.55. The van der Waals surface area contributed by atoms with E-state index in [0.29, 0.717) is 15.6 Å². The van der Waals surface area contributed by atoms with Crippen LogP contribution >= 0.6 is 35.4 Å². The van der Waals surface area contributed by atoms with Crippen LogP contribution in [0.3, 0.4) is 0 Å². The average molecular weight is 414 g/mol. The molecule has 26 heavy (non-hydrogen) atoms. The lowest BCUT2D eigenvalue weighted by molar-refractivity contribution is -0.384. The van der Waals surface area contributed by atoms with Crippen LogP contribution in [0, 0.1) is 15.9 Å². The summed E-state index contributed by atoms with van der Waals surface area (Å²) < 4.78 is 13.7. The van der Waals surface area contributed by atoms with Gasteiger partial charge < -0.3 is 5.32 Å². The fourth-order valence-corrected chi connectivity index (χ4v) is 2.51. The van der Waals surface area contributed by atoms with Gasteiger partial charge >= 0.3 is 0 Å². The van der Waals surface area contributed by atoms with Crippen molar-refractivity contribution in [2.24, 2.45) is 0 Å². The molecule has 2 aromatic rings. The number of hydrogen-bond acceptors (Lipinski definition) is 4. The second-order valence-corrected chi connectivity index (χ2v) is 6.12. The molecule has 2 N–H and O–H groups in total. The zero-order valence-electron chi connectivity index (χ0n) is 12.8. The van der Waals surface area contributed by atoms with Crippen molar-refractivity contribution < 1.29 is 14.1 Å². The summed E-state index contributed by atoms with van der Waals surface area (Å²) in [6.45, 7) is 0. The molecule has 2 aromatic carbocycles. The van der Waals surface area contributed by atoms with Crippen LogP contribution in [0.1, 0.15) is 5.56 Å². The molecular weight excluding hydrogens is 404 g/mol. The van der Waals surface area contributed by atoms with E-state index in [1.807, 2.05) is 0 Å². The molecule has 134 valence electrons. The molecule has 10 heteroatoms. The molecule has 0 aromatic heterocycles. The third-order valence-electron chi connectivity index (χ3n) is 3.02. The Kier molecular flexibility index (Phi) is 6.62. The first-order chi connectivity index (χ1) is 12.3. The Balaban J connectivity index is 2.01. The molecule has 6 nitrogen and oxygen atoms in total. The molecule has 0 aliphatic heterocycles. The smallest absolute Gasteiger partial charge is 0.271 e. The van der Waals surface area contributed by atoms with E-state index in [-0.39, 0.29) is 16.5 Å². The minimum Gasteiger partial charge on any atom is -0.330 e. The number of thiocarbonyl (C=S) groups is 1. The molecule has 0 atom stereocenters. The molecule has 0 saturated carbocycles. The summed E-state index contributed by atoms with van der Waals surface area (Å²) in [7, 11) is 0. The van der Waals surface area contributed by atoms with Crippen LogP contribution in [0.2, 0.25) is 10.0 Å². The number of non-ortho nitro benzene ring substituents is 1. The number of amides is 1. The lowest BCUT2D eigenvalue weighted by Crippen LogP contribution is -2.33. The van der Waals surface area contributed by atoms with Crippen molar-refractivity contribution in [1.29, 1.82) is 0 Å². The van der Waals surface area contributed by atoms with Gasteiger partial charge in [0.2, 0.25) is 5.91 Å². The average Bonchev–Trinajstić information content (AvgIpc) is 2.55. The first-order valence-corrected chi connectivity index (χ1v) is 8.11. The fraction of sp³-hybridized carbons (Fsp3) is 0. The van der Waals surface area contributed by atoms with Crippen molar-refractivity contribution >= 4 is 63.9 Å². The van der Waals surface area contributed by atoms with Crippen molar-refractivity contribution in [2.45, 2.75) is 0 Å². The lowest BCUT2D eigenvalue weighted by Gasteiger charge is -2.09. The van der Waals surface area contributed by atoms with Gasteiger partial charge in [0.1, 0.15) is 5.82 Å². The van der Waals surface area contributed by atoms with Crippen LogP contribution in [0.15, 0.2) is 42.5 Å². The quantitative estimate of drug-likeness (QED) is 0.332. The molecule has 0 heterocycles. The van der Waals surface area contributed by atoms with Crippen LogP contribution in [-0.4, -0.2) is 15.9 Å². The van der Waals surface area contributed by atoms with Crippen molar-refractivity contribution in [3.8, 4) is 0 Å². The number of anilines is 1. The van der Waals surface area contributed by atoms with E-state index in [2.05, 4.69) is 10.6 Å². The minimum atomic E-state index is -0.754. The van der Waals surface area contributed by atoms with E-state index in [4.69, 9.17) is 35.4 Å². The van der Waals surface area contributed by atoms with Gasteiger partial charge in [0, 0.05) is 28.3 Å². The Morgan fingerprint density at radius 2 is 1.96 bits per heavy atom. The third-order valence-corrected chi connectivity index (χ3v) is 3.79. The summed E-state index contributed by atoms with van der Waals surface area (Å²) in [5.41, 5.74) is 0.0179. The molecule has 0 spiro atoms. The maximum Gasteiger partial charge on any atom is 0.271 e. The highest BCUT2D eigenvalue weighted by Crippen LogP contribution is 2.22. The maximum atomic E-state index is 13.7. The van der Waals surface area contributed by atoms with Crippen LogP contribution in [0.5, 0.6) is 0 Å². The van der Waals surface area contributed by atoms with Gasteiger partial charge in [-0.15, -0.1) is 0 Å². The summed E-state index contributed by atoms with van der Waals surface area (Å²) in [5.74, 6) is -1.35. The van der Waals surface area contributed by atoms with Gasteiger partial charge in [-0.2, -0.15) is 0 Å². The maximum absolute atomic E-state index is 13.7. The van der Waals surface area contributed by atoms with Gasteiger partial charge in [-0.05, 0) is 42.1 Å². The molecule has 0 bridgehead atoms. The largest absolute Gasteiger partial charge is 0.330 e. The number of hydrogen-bond donors (Lipinski definition) is 2. The molecule has 0 unspecified atom stereocenters. The molecule has 0 fully saturated rings. The first kappa shape index (κ1) is 19.8. The zero-order chi connectivity index (χ0) is 19.3. The predicted octanol–water partition coefficient (Wildman–Crippen LogP) is 4.57. The lowest BCUT2D eigenvalue weighted by atomic mass is 10.2. The van der Waals surface area contributed by atoms with Crippen LogP contribution in [-0.2, 0) is 4.79 Å². The fourth-order valence-electron chi connectivity index (χ4n) is 1.83. The Bertz CT molecular complexity index is 922. The number of nitro benzene ring substituents is 1. The monoisotopic (exact) mass is 413 g/mol. The van der Waals surface area contributed by atoms with Crippen molar-refractivity contribution in [2.75, 3.05) is 5.32 Å². The highest BCUT2D eigenvalue weighted by molar-refractivity contribution is 7.80. The molecule has 0 aliphatic carbocycles. The van der Waals surface area contributed by atoms with Crippen molar-refractivity contribution in [3.63, 3.8) is 0 Å². The number of carbonyl (C=O) groups is 1. The van der Waals surface area contributed by atoms with E-state index in [9.17, 15) is 19.3 Å². The second-order valence-electron chi connectivity index (χ2n) is 4.86. The number of carbonyl (C=O) groups excluding carboxylic acids is 1. The number of benzene rings is 2. The molecule has 0 radical (unpaired) electrons. The summed E-state index contributed by atoms with van der Waals surface area (Å²) >= 11 is 16.7. The van der Waals surface area contributed by atoms with Gasteiger partial charge in [-0.1, -0.05) is 29.3 Å². The van der Waals surface area contributed by atoms with Gasteiger partial charge in [-0.25, -0.2) is 4.39 Å². The van der Waals surface area contributed by atoms with E-state index in [1.54, 1.807) is 12.1 Å². The predicted molar refractivity (Wildman–Crippen MR) is 103 cm³/mol. The Morgan fingerprint density at radius 3 is 2.62 bits per heavy atom. The highest BCUT2D eigenvalue weighted by Gasteiger charge is 2.12. The van der Waals surface area contributed by atoms with Crippen LogP contribution in [0.4, 0.5) is 15.8 Å². The highest BCUT2D eigenvalue weighted by atomic mass is 35.5. The van der Waals surface area contributed by atoms with Gasteiger partial charge in [0.05, 0.1) is 10.6 Å². The minimum absolute atomic E-state index is 0.221. The summed E-state index contributed by atoms with van der Waals surface area (Å²) in [5, 5.41) is 16.0. The number of nitro groups is 1. The SMILES string of the molecule is O=C(C=Cc1ccc(Cl)cc1Cl)NC(=S)Nc1cc([N+](=O)[O-])ccc1F.